The number of nitrogens with two attached hydrogens (primary N) is 1. The maximum atomic E-state index is 11.4. The van der Waals surface area contributed by atoms with E-state index >= 15 is 0 Å². The highest BCUT2D eigenvalue weighted by molar-refractivity contribution is 5.85. The summed E-state index contributed by atoms with van der Waals surface area (Å²) in [6.07, 6.45) is 0. The zero-order valence-electron chi connectivity index (χ0n) is 19.5. The van der Waals surface area contributed by atoms with Crippen LogP contribution >= 0.6 is 0 Å². The van der Waals surface area contributed by atoms with Gasteiger partial charge in [0.2, 0.25) is 0 Å². The number of nitrogens with zero attached hydrogens (tertiary/aromatic N) is 4. The SMILES string of the molecule is CC(C)(C)c1cc(CN)nc(CN(Cc2cccc(C(=O)O)n2)Cc2cccc(C(=O)O)n2)c1. The normalized spacial score (nSPS) is 11.6. The second-order valence-corrected chi connectivity index (χ2v) is 9.08. The van der Waals surface area contributed by atoms with E-state index in [1.165, 1.54) is 12.1 Å². The zero-order valence-corrected chi connectivity index (χ0v) is 19.5. The molecule has 0 radical (unpaired) electrons. The Labute approximate surface area is 198 Å². The Bertz CT molecular complexity index is 1130. The van der Waals surface area contributed by atoms with Gasteiger partial charge < -0.3 is 15.9 Å². The molecule has 3 aromatic rings. The van der Waals surface area contributed by atoms with Crippen LogP contribution in [-0.2, 0) is 31.6 Å². The summed E-state index contributed by atoms with van der Waals surface area (Å²) in [5.74, 6) is -2.20. The quantitative estimate of drug-likeness (QED) is 0.436. The topological polar surface area (TPSA) is 143 Å². The van der Waals surface area contributed by atoms with Gasteiger partial charge in [-0.25, -0.2) is 19.6 Å². The molecule has 0 saturated carbocycles. The monoisotopic (exact) mass is 463 g/mol. The second kappa shape index (κ2) is 10.5. The van der Waals surface area contributed by atoms with E-state index in [4.69, 9.17) is 5.73 Å². The summed E-state index contributed by atoms with van der Waals surface area (Å²) in [4.78, 5) is 37.9. The number of carbonyl (C=O) groups is 2. The van der Waals surface area contributed by atoms with Crippen LogP contribution in [0.4, 0.5) is 0 Å². The van der Waals surface area contributed by atoms with Crippen molar-refractivity contribution < 1.29 is 19.8 Å². The summed E-state index contributed by atoms with van der Waals surface area (Å²) >= 11 is 0. The maximum absolute atomic E-state index is 11.4. The van der Waals surface area contributed by atoms with Crippen molar-refractivity contribution in [3.8, 4) is 0 Å². The van der Waals surface area contributed by atoms with Gasteiger partial charge in [0.1, 0.15) is 11.4 Å². The smallest absolute Gasteiger partial charge is 0.354 e. The molecule has 3 heterocycles. The first kappa shape index (κ1) is 24.9. The first-order chi connectivity index (χ1) is 16.0. The van der Waals surface area contributed by atoms with Crippen molar-refractivity contribution in [3.05, 3.63) is 88.3 Å². The van der Waals surface area contributed by atoms with Crippen molar-refractivity contribution in [1.82, 2.24) is 19.9 Å². The van der Waals surface area contributed by atoms with Gasteiger partial charge in [-0.15, -0.1) is 0 Å². The number of hydrogen-bond acceptors (Lipinski definition) is 7. The van der Waals surface area contributed by atoms with Crippen LogP contribution in [0.1, 0.15) is 70.1 Å². The van der Waals surface area contributed by atoms with Crippen LogP contribution in [0.5, 0.6) is 0 Å². The number of pyridine rings is 3. The highest BCUT2D eigenvalue weighted by atomic mass is 16.4. The molecule has 9 nitrogen and oxygen atoms in total. The van der Waals surface area contributed by atoms with Gasteiger partial charge in [0.25, 0.3) is 0 Å². The molecule has 4 N–H and O–H groups in total. The van der Waals surface area contributed by atoms with E-state index in [-0.39, 0.29) is 16.8 Å². The zero-order chi connectivity index (χ0) is 24.9. The lowest BCUT2D eigenvalue weighted by molar-refractivity contribution is 0.0679. The van der Waals surface area contributed by atoms with Gasteiger partial charge in [-0.1, -0.05) is 32.9 Å². The lowest BCUT2D eigenvalue weighted by Gasteiger charge is -2.24. The Kier molecular flexibility index (Phi) is 7.70. The van der Waals surface area contributed by atoms with E-state index < -0.39 is 11.9 Å². The average Bonchev–Trinajstić information content (AvgIpc) is 2.78. The van der Waals surface area contributed by atoms with Gasteiger partial charge >= 0.3 is 11.9 Å². The minimum atomic E-state index is -1.10. The molecule has 0 fully saturated rings. The van der Waals surface area contributed by atoms with E-state index in [1.54, 1.807) is 24.3 Å². The third kappa shape index (κ3) is 6.66. The van der Waals surface area contributed by atoms with Gasteiger partial charge in [0.15, 0.2) is 0 Å². The molecule has 0 atom stereocenters. The minimum absolute atomic E-state index is 0.0401. The van der Waals surface area contributed by atoms with E-state index in [0.717, 1.165) is 17.0 Å². The molecule has 0 aliphatic carbocycles. The minimum Gasteiger partial charge on any atom is -0.477 e. The molecule has 178 valence electrons. The van der Waals surface area contributed by atoms with Crippen molar-refractivity contribution in [3.63, 3.8) is 0 Å². The van der Waals surface area contributed by atoms with Crippen molar-refractivity contribution in [2.45, 2.75) is 52.4 Å². The Morgan fingerprint density at radius 1 is 0.794 bits per heavy atom. The molecule has 0 aliphatic heterocycles. The highest BCUT2D eigenvalue weighted by Gasteiger charge is 2.19. The molecular weight excluding hydrogens is 434 g/mol. The number of aromatic nitrogens is 3. The lowest BCUT2D eigenvalue weighted by atomic mass is 9.86. The molecule has 0 bridgehead atoms. The van der Waals surface area contributed by atoms with Crippen LogP contribution in [0.25, 0.3) is 0 Å². The van der Waals surface area contributed by atoms with E-state index in [0.29, 0.717) is 37.6 Å². The van der Waals surface area contributed by atoms with Crippen LogP contribution < -0.4 is 5.73 Å². The predicted octanol–water partition coefficient (Wildman–Crippen LogP) is 3.23. The third-order valence-corrected chi connectivity index (χ3v) is 5.22. The van der Waals surface area contributed by atoms with Crippen molar-refractivity contribution in [1.29, 1.82) is 0 Å². The van der Waals surface area contributed by atoms with Crippen LogP contribution in [0, 0.1) is 0 Å². The van der Waals surface area contributed by atoms with Crippen LogP contribution in [0.15, 0.2) is 48.5 Å². The first-order valence-corrected chi connectivity index (χ1v) is 10.9. The molecule has 34 heavy (non-hydrogen) atoms. The summed E-state index contributed by atoms with van der Waals surface area (Å²) in [6.45, 7) is 7.71. The fraction of sp³-hybridized carbons (Fsp3) is 0.320. The van der Waals surface area contributed by atoms with Crippen LogP contribution in [0.2, 0.25) is 0 Å². The molecule has 0 spiro atoms. The lowest BCUT2D eigenvalue weighted by Crippen LogP contribution is -2.25. The van der Waals surface area contributed by atoms with Gasteiger partial charge in [-0.05, 0) is 47.4 Å². The number of carboxylic acids is 2. The third-order valence-electron chi connectivity index (χ3n) is 5.22. The summed E-state index contributed by atoms with van der Waals surface area (Å²) in [7, 11) is 0. The molecule has 9 heteroatoms. The molecule has 3 rings (SSSR count). The number of aromatic carboxylic acids is 2. The summed E-state index contributed by atoms with van der Waals surface area (Å²) in [5, 5.41) is 18.6. The summed E-state index contributed by atoms with van der Waals surface area (Å²) in [6, 6.07) is 13.7. The van der Waals surface area contributed by atoms with Crippen molar-refractivity contribution >= 4 is 11.9 Å². The maximum Gasteiger partial charge on any atom is 0.354 e. The van der Waals surface area contributed by atoms with Crippen molar-refractivity contribution in [2.75, 3.05) is 0 Å². The fourth-order valence-corrected chi connectivity index (χ4v) is 3.50. The average molecular weight is 464 g/mol. The predicted molar refractivity (Wildman–Crippen MR) is 126 cm³/mol. The molecule has 0 saturated heterocycles. The standard InChI is InChI=1S/C25H29N5O4/c1-25(2,3)16-10-19(12-26)27-20(11-16)15-30(13-17-6-4-8-21(28-17)23(31)32)14-18-7-5-9-22(29-18)24(33)34/h4-11H,12-15,26H2,1-3H3,(H,31,32)(H,33,34). The largest absolute Gasteiger partial charge is 0.477 e. The Balaban J connectivity index is 1.96. The number of hydrogen-bond donors (Lipinski definition) is 3. The fourth-order valence-electron chi connectivity index (χ4n) is 3.50. The Morgan fingerprint density at radius 2 is 1.26 bits per heavy atom. The van der Waals surface area contributed by atoms with Gasteiger partial charge in [-0.3, -0.25) is 9.88 Å². The number of rotatable bonds is 9. The summed E-state index contributed by atoms with van der Waals surface area (Å²) < 4.78 is 0. The Hall–Kier alpha value is -3.69. The molecular formula is C25H29N5O4. The number of carboxylic acid groups (broad SMARTS) is 2. The van der Waals surface area contributed by atoms with E-state index in [1.807, 2.05) is 17.0 Å². The molecule has 0 aliphatic rings. The van der Waals surface area contributed by atoms with Gasteiger partial charge in [0, 0.05) is 26.2 Å². The van der Waals surface area contributed by atoms with Crippen LogP contribution in [-0.4, -0.2) is 42.0 Å². The van der Waals surface area contributed by atoms with Crippen LogP contribution in [0.3, 0.4) is 0 Å². The van der Waals surface area contributed by atoms with E-state index in [9.17, 15) is 19.8 Å². The highest BCUT2D eigenvalue weighted by Crippen LogP contribution is 2.24. The van der Waals surface area contributed by atoms with E-state index in [2.05, 4.69) is 35.7 Å². The second-order valence-electron chi connectivity index (χ2n) is 9.08. The van der Waals surface area contributed by atoms with Gasteiger partial charge in [0.05, 0.1) is 22.8 Å². The molecule has 0 unspecified atom stereocenters. The van der Waals surface area contributed by atoms with Gasteiger partial charge in [-0.2, -0.15) is 0 Å². The molecule has 0 amide bonds. The summed E-state index contributed by atoms with van der Waals surface area (Å²) in [5.41, 5.74) is 9.54. The first-order valence-electron chi connectivity index (χ1n) is 10.9. The Morgan fingerprint density at radius 3 is 1.71 bits per heavy atom. The van der Waals surface area contributed by atoms with Crippen molar-refractivity contribution in [2.24, 2.45) is 5.73 Å². The molecule has 0 aromatic carbocycles. The molecule has 3 aromatic heterocycles.